The van der Waals surface area contributed by atoms with Crippen LogP contribution in [0.2, 0.25) is 0 Å². The highest BCUT2D eigenvalue weighted by Crippen LogP contribution is 2.20. The van der Waals surface area contributed by atoms with Crippen LogP contribution >= 0.6 is 0 Å². The van der Waals surface area contributed by atoms with E-state index in [4.69, 9.17) is 0 Å². The molecule has 1 aliphatic rings. The lowest BCUT2D eigenvalue weighted by Gasteiger charge is -2.21. The maximum Gasteiger partial charge on any atom is 0.325 e. The summed E-state index contributed by atoms with van der Waals surface area (Å²) in [6.45, 7) is 8.37. The number of ketones is 1. The Morgan fingerprint density at radius 3 is 2.12 bits per heavy atom. The molecule has 0 unspecified atom stereocenters. The van der Waals surface area contributed by atoms with Crippen LogP contribution in [0.3, 0.4) is 0 Å². The quantitative estimate of drug-likeness (QED) is 0.712. The van der Waals surface area contributed by atoms with E-state index in [0.29, 0.717) is 0 Å². The van der Waals surface area contributed by atoms with Gasteiger partial charge in [-0.2, -0.15) is 0 Å². The first-order chi connectivity index (χ1) is 7.05. The first-order valence-electron chi connectivity index (χ1n) is 5.23. The predicted molar refractivity (Wildman–Crippen MR) is 58.8 cm³/mol. The van der Waals surface area contributed by atoms with Gasteiger partial charge < -0.3 is 5.32 Å². The molecule has 1 rings (SSSR count). The van der Waals surface area contributed by atoms with Crippen LogP contribution in [0.15, 0.2) is 0 Å². The van der Waals surface area contributed by atoms with Crippen LogP contribution in [-0.4, -0.2) is 34.7 Å². The van der Waals surface area contributed by atoms with Crippen molar-refractivity contribution in [1.82, 2.24) is 10.2 Å². The minimum absolute atomic E-state index is 0.131. The Labute approximate surface area is 95.2 Å². The van der Waals surface area contributed by atoms with Crippen molar-refractivity contribution in [2.45, 2.75) is 40.2 Å². The van der Waals surface area contributed by atoms with Gasteiger partial charge in [0.25, 0.3) is 5.91 Å². The number of hydrogen-bond donors (Lipinski definition) is 1. The molecule has 5 nitrogen and oxygen atoms in total. The fraction of sp³-hybridized carbons (Fsp3) is 0.727. The maximum atomic E-state index is 11.8. The Morgan fingerprint density at radius 2 is 1.81 bits per heavy atom. The van der Waals surface area contributed by atoms with Gasteiger partial charge in [-0.1, -0.05) is 20.8 Å². The van der Waals surface area contributed by atoms with Crippen molar-refractivity contribution in [1.29, 1.82) is 0 Å². The molecule has 1 heterocycles. The van der Waals surface area contributed by atoms with E-state index >= 15 is 0 Å². The summed E-state index contributed by atoms with van der Waals surface area (Å²) < 4.78 is 0. The van der Waals surface area contributed by atoms with Gasteiger partial charge in [0.1, 0.15) is 5.54 Å². The number of Topliss-reactive ketones (excluding diaryl/α,β-unsaturated/α-hetero) is 1. The molecule has 5 heteroatoms. The number of amides is 3. The van der Waals surface area contributed by atoms with Gasteiger partial charge in [0.2, 0.25) is 0 Å². The average molecular weight is 226 g/mol. The third-order valence-electron chi connectivity index (χ3n) is 2.58. The third-order valence-corrected chi connectivity index (χ3v) is 2.58. The van der Waals surface area contributed by atoms with Gasteiger partial charge in [-0.3, -0.25) is 14.5 Å². The Bertz CT molecular complexity index is 353. The first-order valence-corrected chi connectivity index (χ1v) is 5.23. The van der Waals surface area contributed by atoms with Gasteiger partial charge in [0.05, 0.1) is 6.54 Å². The summed E-state index contributed by atoms with van der Waals surface area (Å²) in [6.07, 6.45) is 0. The molecule has 90 valence electrons. The molecule has 3 amide bonds. The Balaban J connectivity index is 2.81. The van der Waals surface area contributed by atoms with E-state index in [2.05, 4.69) is 5.32 Å². The van der Waals surface area contributed by atoms with E-state index < -0.39 is 17.0 Å². The number of hydrogen-bond acceptors (Lipinski definition) is 3. The van der Waals surface area contributed by atoms with E-state index in [1.165, 1.54) is 0 Å². The summed E-state index contributed by atoms with van der Waals surface area (Å²) in [7, 11) is 0. The van der Waals surface area contributed by atoms with Gasteiger partial charge >= 0.3 is 6.03 Å². The number of urea groups is 1. The molecule has 0 saturated carbocycles. The third kappa shape index (κ3) is 2.23. The molecule has 16 heavy (non-hydrogen) atoms. The molecule has 0 aromatic heterocycles. The van der Waals surface area contributed by atoms with Crippen LogP contribution in [-0.2, 0) is 9.59 Å². The molecule has 1 saturated heterocycles. The zero-order valence-electron chi connectivity index (χ0n) is 10.4. The molecule has 0 aromatic rings. The molecule has 0 aromatic carbocycles. The largest absolute Gasteiger partial charge is 0.325 e. The molecule has 1 N–H and O–H groups in total. The molecule has 0 bridgehead atoms. The van der Waals surface area contributed by atoms with Crippen LogP contribution in [0.4, 0.5) is 4.79 Å². The Morgan fingerprint density at radius 1 is 1.31 bits per heavy atom. The van der Waals surface area contributed by atoms with Gasteiger partial charge in [0.15, 0.2) is 5.78 Å². The highest BCUT2D eigenvalue weighted by molar-refractivity contribution is 6.09. The molecule has 0 spiro atoms. The van der Waals surface area contributed by atoms with Crippen LogP contribution in [0.5, 0.6) is 0 Å². The molecule has 0 aliphatic carbocycles. The summed E-state index contributed by atoms with van der Waals surface area (Å²) in [5.41, 5.74) is -1.46. The summed E-state index contributed by atoms with van der Waals surface area (Å²) in [6, 6.07) is -0.493. The number of rotatable bonds is 2. The highest BCUT2D eigenvalue weighted by Gasteiger charge is 2.45. The maximum absolute atomic E-state index is 11.8. The predicted octanol–water partition coefficient (Wildman–Crippen LogP) is 0.932. The summed E-state index contributed by atoms with van der Waals surface area (Å²) in [4.78, 5) is 36.0. The second-order valence-electron chi connectivity index (χ2n) is 5.62. The van der Waals surface area contributed by atoms with Crippen molar-refractivity contribution in [2.24, 2.45) is 5.41 Å². The Hall–Kier alpha value is -1.39. The molecule has 0 radical (unpaired) electrons. The van der Waals surface area contributed by atoms with Crippen molar-refractivity contribution in [3.05, 3.63) is 0 Å². The monoisotopic (exact) mass is 226 g/mol. The van der Waals surface area contributed by atoms with Crippen molar-refractivity contribution in [3.8, 4) is 0 Å². The van der Waals surface area contributed by atoms with Gasteiger partial charge in [-0.15, -0.1) is 0 Å². The summed E-state index contributed by atoms with van der Waals surface area (Å²) in [5.74, 6) is -0.483. The van der Waals surface area contributed by atoms with Gasteiger partial charge in [-0.25, -0.2) is 4.79 Å². The number of carbonyl (C=O) groups excluding carboxylic acids is 3. The zero-order chi connectivity index (χ0) is 12.7. The van der Waals surface area contributed by atoms with E-state index in [-0.39, 0.29) is 18.2 Å². The fourth-order valence-corrected chi connectivity index (χ4v) is 1.34. The van der Waals surface area contributed by atoms with Crippen LogP contribution < -0.4 is 5.32 Å². The van der Waals surface area contributed by atoms with Crippen LogP contribution in [0.25, 0.3) is 0 Å². The van der Waals surface area contributed by atoms with E-state index in [9.17, 15) is 14.4 Å². The zero-order valence-corrected chi connectivity index (χ0v) is 10.4. The lowest BCUT2D eigenvalue weighted by atomic mass is 9.90. The van der Waals surface area contributed by atoms with Gasteiger partial charge in [0, 0.05) is 5.41 Å². The number of nitrogens with zero attached hydrogens (tertiary/aromatic N) is 1. The topological polar surface area (TPSA) is 66.5 Å². The number of carbonyl (C=O) groups is 3. The van der Waals surface area contributed by atoms with E-state index in [1.54, 1.807) is 34.6 Å². The lowest BCUT2D eigenvalue weighted by Crippen LogP contribution is -2.42. The molecule has 1 fully saturated rings. The number of nitrogens with one attached hydrogen (secondary N) is 1. The van der Waals surface area contributed by atoms with Crippen LogP contribution in [0.1, 0.15) is 34.6 Å². The summed E-state index contributed by atoms with van der Waals surface area (Å²) >= 11 is 0. The van der Waals surface area contributed by atoms with Crippen molar-refractivity contribution in [3.63, 3.8) is 0 Å². The van der Waals surface area contributed by atoms with Crippen molar-refractivity contribution >= 4 is 17.7 Å². The summed E-state index contributed by atoms with van der Waals surface area (Å²) in [5, 5.41) is 2.54. The fourth-order valence-electron chi connectivity index (χ4n) is 1.34. The smallest absolute Gasteiger partial charge is 0.324 e. The van der Waals surface area contributed by atoms with Crippen molar-refractivity contribution < 1.29 is 14.4 Å². The molecule has 0 atom stereocenters. The lowest BCUT2D eigenvalue weighted by molar-refractivity contribution is -0.135. The average Bonchev–Trinajstić information content (AvgIpc) is 2.26. The van der Waals surface area contributed by atoms with Gasteiger partial charge in [-0.05, 0) is 13.8 Å². The highest BCUT2D eigenvalue weighted by atomic mass is 16.2. The first kappa shape index (κ1) is 12.7. The van der Waals surface area contributed by atoms with Crippen LogP contribution in [0, 0.1) is 5.41 Å². The van der Waals surface area contributed by atoms with Crippen molar-refractivity contribution in [2.75, 3.05) is 6.54 Å². The molecule has 1 aliphatic heterocycles. The molecular weight excluding hydrogens is 208 g/mol. The minimum Gasteiger partial charge on any atom is -0.324 e. The van der Waals surface area contributed by atoms with E-state index in [0.717, 1.165) is 4.90 Å². The standard InChI is InChI=1S/C11H18N2O3/c1-10(2,3)7(14)6-13-8(15)11(4,5)12-9(13)16/h6H2,1-5H3,(H,12,16). The normalized spacial score (nSPS) is 19.9. The second-order valence-corrected chi connectivity index (χ2v) is 5.62. The second kappa shape index (κ2) is 3.57. The minimum atomic E-state index is -0.907. The Kier molecular flexibility index (Phi) is 2.83. The molecular formula is C11H18N2O3. The SMILES string of the molecule is CC(C)(C)C(=O)CN1C(=O)NC(C)(C)C1=O. The van der Waals surface area contributed by atoms with E-state index in [1.807, 2.05) is 0 Å². The number of imide groups is 1.